The van der Waals surface area contributed by atoms with Crippen LogP contribution >= 0.6 is 0 Å². The third-order valence-corrected chi connectivity index (χ3v) is 6.92. The molecule has 0 spiro atoms. The van der Waals surface area contributed by atoms with Gasteiger partial charge in [-0.2, -0.15) is 0 Å². The van der Waals surface area contributed by atoms with Crippen LogP contribution in [0.2, 0.25) is 0 Å². The number of carbonyl (C=O) groups excluding carboxylic acids is 5. The molecule has 0 bridgehead atoms. The third-order valence-electron chi connectivity index (χ3n) is 6.92. The molecule has 0 aliphatic heterocycles. The predicted molar refractivity (Wildman–Crippen MR) is 155 cm³/mol. The molecule has 240 valence electrons. The quantitative estimate of drug-likeness (QED) is 0.0599. The van der Waals surface area contributed by atoms with Gasteiger partial charge in [0.25, 0.3) is 0 Å². The van der Waals surface area contributed by atoms with Crippen LogP contribution in [-0.2, 0) is 49.6 Å². The molecule has 2 rings (SSSR count). The van der Waals surface area contributed by atoms with Gasteiger partial charge in [-0.1, -0.05) is 50.2 Å². The zero-order valence-corrected chi connectivity index (χ0v) is 25.0. The number of anilines is 1. The molecule has 44 heavy (non-hydrogen) atoms. The van der Waals surface area contributed by atoms with Gasteiger partial charge in [0, 0.05) is 5.56 Å². The summed E-state index contributed by atoms with van der Waals surface area (Å²) in [6, 6.07) is 10.8. The summed E-state index contributed by atoms with van der Waals surface area (Å²) < 4.78 is 15.4. The maximum absolute atomic E-state index is 13.7. The van der Waals surface area contributed by atoms with Gasteiger partial charge in [0.1, 0.15) is 18.1 Å². The first-order valence-corrected chi connectivity index (χ1v) is 14.0. The molecule has 0 radical (unpaired) electrons. The van der Waals surface area contributed by atoms with E-state index in [4.69, 9.17) is 30.5 Å². The maximum Gasteiger partial charge on any atom is 0.354 e. The number of aromatic hydroxyl groups is 2. The number of benzene rings is 2. The van der Waals surface area contributed by atoms with Gasteiger partial charge in [0.05, 0.1) is 25.0 Å². The minimum atomic E-state index is -2.78. The highest BCUT2D eigenvalue weighted by molar-refractivity contribution is 6.06. The van der Waals surface area contributed by atoms with E-state index in [9.17, 15) is 34.2 Å². The lowest BCUT2D eigenvalue weighted by Gasteiger charge is -2.36. The number of ether oxygens (including phenoxy) is 3. The molecule has 2 aromatic carbocycles. The second-order valence-electron chi connectivity index (χ2n) is 9.68. The van der Waals surface area contributed by atoms with Crippen molar-refractivity contribution in [3.05, 3.63) is 53.6 Å². The van der Waals surface area contributed by atoms with Gasteiger partial charge >= 0.3 is 23.9 Å². The zero-order valence-electron chi connectivity index (χ0n) is 25.0. The summed E-state index contributed by atoms with van der Waals surface area (Å²) in [5.41, 5.74) is 11.3. The molecule has 1 amide bonds. The number of hydrogen-bond donors (Lipinski definition) is 5. The van der Waals surface area contributed by atoms with Gasteiger partial charge in [0.15, 0.2) is 17.1 Å². The lowest BCUT2D eigenvalue weighted by Crippen LogP contribution is -2.67. The van der Waals surface area contributed by atoms with Crippen LogP contribution in [0.15, 0.2) is 42.5 Å². The molecule has 4 atom stereocenters. The molecule has 0 fully saturated rings. The van der Waals surface area contributed by atoms with E-state index in [-0.39, 0.29) is 38.2 Å². The van der Waals surface area contributed by atoms with Crippen molar-refractivity contribution in [3.63, 3.8) is 0 Å². The Kier molecular flexibility index (Phi) is 13.0. The molecule has 0 aliphatic rings. The van der Waals surface area contributed by atoms with Crippen LogP contribution in [0.4, 0.5) is 5.69 Å². The molecule has 0 aromatic heterocycles. The van der Waals surface area contributed by atoms with Crippen molar-refractivity contribution in [2.24, 2.45) is 23.3 Å². The molecular weight excluding hydrogens is 578 g/mol. The Morgan fingerprint density at radius 3 is 2.00 bits per heavy atom. The Morgan fingerprint density at radius 1 is 0.841 bits per heavy atom. The predicted octanol–water partition coefficient (Wildman–Crippen LogP) is 2.16. The van der Waals surface area contributed by atoms with Crippen LogP contribution in [0, 0.1) is 11.8 Å². The van der Waals surface area contributed by atoms with Crippen LogP contribution in [0.3, 0.4) is 0 Å². The smallest absolute Gasteiger partial charge is 0.354 e. The van der Waals surface area contributed by atoms with Crippen LogP contribution in [-0.4, -0.2) is 58.8 Å². The lowest BCUT2D eigenvalue weighted by molar-refractivity contribution is -0.172. The standard InChI is InChI=1S/C30H39N3O11/c1-5-18(26(37)41-7-3)19-14-15-21(34)23(24(19)35)33-44-29(40)30(32,20(6-2)27(38)42-8-4)22(25(31)36)28(39)43-16-17-12-10-9-11-13-17/h9-15,18,20,22,33-35H,5-8,16,32H2,1-4H3,(H2,31,36)/t18-,20+,22-,30-/m0/s1. The monoisotopic (exact) mass is 617 g/mol. The Labute approximate surface area is 254 Å². The normalized spacial score (nSPS) is 14.2. The van der Waals surface area contributed by atoms with Gasteiger partial charge in [-0.3, -0.25) is 19.2 Å². The van der Waals surface area contributed by atoms with Crippen molar-refractivity contribution in [2.45, 2.75) is 58.6 Å². The molecular formula is C30H39N3O11. The van der Waals surface area contributed by atoms with Gasteiger partial charge in [-0.25, -0.2) is 10.3 Å². The van der Waals surface area contributed by atoms with Crippen molar-refractivity contribution in [3.8, 4) is 11.5 Å². The number of nitrogens with two attached hydrogens (primary N) is 2. The van der Waals surface area contributed by atoms with Crippen LogP contribution in [0.25, 0.3) is 0 Å². The Hall–Kier alpha value is -4.85. The number of hydrogen-bond acceptors (Lipinski definition) is 13. The number of nitrogens with one attached hydrogen (secondary N) is 1. The first-order chi connectivity index (χ1) is 20.9. The van der Waals surface area contributed by atoms with E-state index in [1.54, 1.807) is 44.2 Å². The zero-order chi connectivity index (χ0) is 33.0. The highest BCUT2D eigenvalue weighted by atomic mass is 16.7. The molecule has 14 nitrogen and oxygen atoms in total. The number of esters is 3. The molecule has 2 aromatic rings. The summed E-state index contributed by atoms with van der Waals surface area (Å²) >= 11 is 0. The van der Waals surface area contributed by atoms with E-state index in [0.29, 0.717) is 5.56 Å². The molecule has 0 unspecified atom stereocenters. The summed E-state index contributed by atoms with van der Waals surface area (Å²) in [6.45, 7) is 5.90. The second kappa shape index (κ2) is 16.1. The molecule has 7 N–H and O–H groups in total. The Balaban J connectivity index is 2.52. The van der Waals surface area contributed by atoms with Gasteiger partial charge in [0.2, 0.25) is 5.91 Å². The fourth-order valence-corrected chi connectivity index (χ4v) is 4.68. The molecule has 0 aliphatic carbocycles. The number of phenolic OH excluding ortho intramolecular Hbond substituents is 2. The topological polar surface area (TPSA) is 227 Å². The average Bonchev–Trinajstić information content (AvgIpc) is 2.98. The number of rotatable bonds is 16. The third kappa shape index (κ3) is 7.95. The van der Waals surface area contributed by atoms with Gasteiger partial charge in [-0.15, -0.1) is 0 Å². The van der Waals surface area contributed by atoms with Crippen LogP contribution in [0.5, 0.6) is 11.5 Å². The fourth-order valence-electron chi connectivity index (χ4n) is 4.68. The van der Waals surface area contributed by atoms with Crippen LogP contribution in [0.1, 0.15) is 57.6 Å². The molecule has 0 saturated heterocycles. The summed E-state index contributed by atoms with van der Waals surface area (Å²) in [4.78, 5) is 70.1. The highest BCUT2D eigenvalue weighted by Gasteiger charge is 2.59. The lowest BCUT2D eigenvalue weighted by atomic mass is 9.72. The van der Waals surface area contributed by atoms with Crippen LogP contribution < -0.4 is 16.9 Å². The largest absolute Gasteiger partial charge is 0.506 e. The molecule has 14 heteroatoms. The van der Waals surface area contributed by atoms with E-state index in [2.05, 4.69) is 5.48 Å². The van der Waals surface area contributed by atoms with E-state index < -0.39 is 70.3 Å². The molecule has 0 saturated carbocycles. The minimum absolute atomic E-state index is 0.0405. The van der Waals surface area contributed by atoms with Gasteiger partial charge < -0.3 is 40.7 Å². The van der Waals surface area contributed by atoms with E-state index >= 15 is 0 Å². The Bertz CT molecular complexity index is 1340. The average molecular weight is 618 g/mol. The Morgan fingerprint density at radius 2 is 1.45 bits per heavy atom. The van der Waals surface area contributed by atoms with E-state index in [1.807, 2.05) is 0 Å². The number of amides is 1. The first-order valence-electron chi connectivity index (χ1n) is 14.0. The number of phenols is 2. The summed E-state index contributed by atoms with van der Waals surface area (Å²) in [5.74, 6) is -12.0. The van der Waals surface area contributed by atoms with Crippen molar-refractivity contribution in [2.75, 3.05) is 18.7 Å². The summed E-state index contributed by atoms with van der Waals surface area (Å²) in [6.07, 6.45) is 0.00922. The fraction of sp³-hybridized carbons (Fsp3) is 0.433. The van der Waals surface area contributed by atoms with Crippen molar-refractivity contribution in [1.29, 1.82) is 0 Å². The number of primary amides is 1. The van der Waals surface area contributed by atoms with Gasteiger partial charge in [-0.05, 0) is 38.3 Å². The minimum Gasteiger partial charge on any atom is -0.506 e. The number of carbonyl (C=O) groups is 5. The van der Waals surface area contributed by atoms with Crippen molar-refractivity contribution in [1.82, 2.24) is 0 Å². The van der Waals surface area contributed by atoms with Crippen molar-refractivity contribution < 1.29 is 53.2 Å². The molecule has 0 heterocycles. The summed E-state index contributed by atoms with van der Waals surface area (Å²) in [5, 5.41) is 21.3. The highest BCUT2D eigenvalue weighted by Crippen LogP contribution is 2.41. The summed E-state index contributed by atoms with van der Waals surface area (Å²) in [7, 11) is 0. The SMILES string of the molecule is CCOC(=O)[C@@H](CC)c1ccc(O)c(NOC(=O)[C@@](N)([C@@H](C(N)=O)C(=O)OCc2ccccc2)[C@H](CC)C(=O)OCC)c1O. The second-order valence-corrected chi connectivity index (χ2v) is 9.68. The maximum atomic E-state index is 13.7. The van der Waals surface area contributed by atoms with E-state index in [1.165, 1.54) is 19.9 Å². The first kappa shape index (κ1) is 35.3. The van der Waals surface area contributed by atoms with E-state index in [0.717, 1.165) is 6.07 Å². The van der Waals surface area contributed by atoms with Crippen molar-refractivity contribution >= 4 is 35.5 Å².